The van der Waals surface area contributed by atoms with Gasteiger partial charge in [0.15, 0.2) is 0 Å². The van der Waals surface area contributed by atoms with Crippen LogP contribution in [-0.4, -0.2) is 0 Å². The van der Waals surface area contributed by atoms with Gasteiger partial charge in [-0.25, -0.2) is 0 Å². The molecule has 2 rings (SSSR count). The van der Waals surface area contributed by atoms with Crippen molar-refractivity contribution in [1.29, 1.82) is 0 Å². The highest BCUT2D eigenvalue weighted by atomic mass is 19.4. The molecule has 0 bridgehead atoms. The highest BCUT2D eigenvalue weighted by molar-refractivity contribution is 5.63. The minimum Gasteiger partial charge on any atom is -0.355 e. The fraction of sp³-hybridized carbons (Fsp3) is 0.143. The molecule has 0 radical (unpaired) electrons. The number of hydrogen-bond donors (Lipinski definition) is 1. The van der Waals surface area contributed by atoms with Crippen LogP contribution in [0.4, 0.5) is 24.5 Å². The van der Waals surface area contributed by atoms with Gasteiger partial charge in [0, 0.05) is 11.4 Å². The van der Waals surface area contributed by atoms with Crippen LogP contribution in [0.5, 0.6) is 0 Å². The molecule has 0 saturated heterocycles. The van der Waals surface area contributed by atoms with Crippen LogP contribution in [-0.2, 0) is 6.18 Å². The molecule has 0 amide bonds. The molecular weight excluding hydrogens is 239 g/mol. The molecule has 0 fully saturated rings. The first-order valence-electron chi connectivity index (χ1n) is 5.47. The molecule has 0 unspecified atom stereocenters. The van der Waals surface area contributed by atoms with Gasteiger partial charge in [0.25, 0.3) is 0 Å². The van der Waals surface area contributed by atoms with Crippen molar-refractivity contribution < 1.29 is 13.2 Å². The lowest BCUT2D eigenvalue weighted by Crippen LogP contribution is -2.05. The van der Waals surface area contributed by atoms with E-state index in [0.717, 1.165) is 23.4 Å². The van der Waals surface area contributed by atoms with E-state index in [9.17, 15) is 13.2 Å². The Morgan fingerprint density at radius 2 is 1.67 bits per heavy atom. The summed E-state index contributed by atoms with van der Waals surface area (Å²) in [6.07, 6.45) is -4.32. The Morgan fingerprint density at radius 1 is 0.944 bits per heavy atom. The fourth-order valence-electron chi connectivity index (χ4n) is 1.64. The predicted molar refractivity (Wildman–Crippen MR) is 65.9 cm³/mol. The summed E-state index contributed by atoms with van der Waals surface area (Å²) in [4.78, 5) is 0. The highest BCUT2D eigenvalue weighted by Gasteiger charge is 2.30. The quantitative estimate of drug-likeness (QED) is 0.811. The van der Waals surface area contributed by atoms with Crippen LogP contribution < -0.4 is 5.32 Å². The van der Waals surface area contributed by atoms with Gasteiger partial charge in [-0.15, -0.1) is 0 Å². The smallest absolute Gasteiger partial charge is 0.355 e. The third kappa shape index (κ3) is 2.83. The molecule has 4 heteroatoms. The second-order valence-electron chi connectivity index (χ2n) is 4.02. The van der Waals surface area contributed by atoms with E-state index in [1.807, 2.05) is 31.2 Å². The number of rotatable bonds is 2. The molecule has 0 heterocycles. The number of nitrogens with one attached hydrogen (secondary N) is 1. The summed E-state index contributed by atoms with van der Waals surface area (Å²) in [5, 5.41) is 2.98. The molecule has 0 spiro atoms. The van der Waals surface area contributed by atoms with Crippen LogP contribution in [0.15, 0.2) is 48.5 Å². The average molecular weight is 251 g/mol. The largest absolute Gasteiger partial charge is 0.416 e. The van der Waals surface area contributed by atoms with E-state index in [0.29, 0.717) is 5.69 Å². The molecular formula is C14H12F3N. The average Bonchev–Trinajstić information content (AvgIpc) is 2.31. The van der Waals surface area contributed by atoms with Gasteiger partial charge in [0.2, 0.25) is 0 Å². The maximum atomic E-state index is 12.6. The number of aryl methyl sites for hydroxylation is 1. The first kappa shape index (κ1) is 12.5. The lowest BCUT2D eigenvalue weighted by molar-refractivity contribution is -0.137. The van der Waals surface area contributed by atoms with Gasteiger partial charge in [-0.3, -0.25) is 0 Å². The van der Waals surface area contributed by atoms with Gasteiger partial charge in [-0.05, 0) is 36.8 Å². The van der Waals surface area contributed by atoms with Crippen LogP contribution in [0, 0.1) is 6.92 Å². The van der Waals surface area contributed by atoms with Gasteiger partial charge in [0.1, 0.15) is 0 Å². The van der Waals surface area contributed by atoms with Crippen LogP contribution in [0.1, 0.15) is 11.1 Å². The second-order valence-corrected chi connectivity index (χ2v) is 4.02. The molecule has 1 N–H and O–H groups in total. The van der Waals surface area contributed by atoms with Crippen molar-refractivity contribution in [2.45, 2.75) is 13.1 Å². The Bertz CT molecular complexity index is 547. The van der Waals surface area contributed by atoms with Crippen LogP contribution in [0.3, 0.4) is 0 Å². The van der Waals surface area contributed by atoms with Crippen LogP contribution >= 0.6 is 0 Å². The van der Waals surface area contributed by atoms with Gasteiger partial charge in [-0.2, -0.15) is 13.2 Å². The Morgan fingerprint density at radius 3 is 2.33 bits per heavy atom. The van der Waals surface area contributed by atoms with Crippen LogP contribution in [0.2, 0.25) is 0 Å². The summed E-state index contributed by atoms with van der Waals surface area (Å²) in [5.41, 5.74) is 1.56. The predicted octanol–water partition coefficient (Wildman–Crippen LogP) is 4.76. The summed E-state index contributed by atoms with van der Waals surface area (Å²) in [7, 11) is 0. The maximum Gasteiger partial charge on any atom is 0.416 e. The lowest BCUT2D eigenvalue weighted by atomic mass is 10.1. The minimum atomic E-state index is -4.32. The monoisotopic (exact) mass is 251 g/mol. The molecule has 0 saturated carbocycles. The zero-order valence-electron chi connectivity index (χ0n) is 9.75. The summed E-state index contributed by atoms with van der Waals surface area (Å²) in [6, 6.07) is 12.6. The molecule has 0 aliphatic heterocycles. The molecule has 18 heavy (non-hydrogen) atoms. The van der Waals surface area contributed by atoms with Crippen molar-refractivity contribution in [3.63, 3.8) is 0 Å². The van der Waals surface area contributed by atoms with Crippen molar-refractivity contribution in [1.82, 2.24) is 0 Å². The van der Waals surface area contributed by atoms with Gasteiger partial charge in [0.05, 0.1) is 5.56 Å². The first-order chi connectivity index (χ1) is 8.47. The maximum absolute atomic E-state index is 12.6. The van der Waals surface area contributed by atoms with Crippen molar-refractivity contribution in [3.8, 4) is 0 Å². The normalized spacial score (nSPS) is 11.3. The van der Waals surface area contributed by atoms with Gasteiger partial charge >= 0.3 is 6.18 Å². The summed E-state index contributed by atoms with van der Waals surface area (Å²) >= 11 is 0. The van der Waals surface area contributed by atoms with E-state index in [4.69, 9.17) is 0 Å². The number of anilines is 2. The van der Waals surface area contributed by atoms with E-state index in [1.54, 1.807) is 6.07 Å². The topological polar surface area (TPSA) is 12.0 Å². The zero-order chi connectivity index (χ0) is 13.2. The number of hydrogen-bond acceptors (Lipinski definition) is 1. The fourth-order valence-corrected chi connectivity index (χ4v) is 1.64. The Labute approximate surface area is 103 Å². The number of halogens is 3. The molecule has 94 valence electrons. The first-order valence-corrected chi connectivity index (χ1v) is 5.47. The number of para-hydroxylation sites is 1. The molecule has 0 aliphatic rings. The Balaban J connectivity index is 2.28. The highest BCUT2D eigenvalue weighted by Crippen LogP contribution is 2.31. The van der Waals surface area contributed by atoms with Crippen molar-refractivity contribution in [2.75, 3.05) is 5.32 Å². The van der Waals surface area contributed by atoms with Crippen LogP contribution in [0.25, 0.3) is 0 Å². The minimum absolute atomic E-state index is 0.430. The zero-order valence-corrected chi connectivity index (χ0v) is 9.75. The summed E-state index contributed by atoms with van der Waals surface area (Å²) < 4.78 is 37.7. The number of benzene rings is 2. The third-order valence-electron chi connectivity index (χ3n) is 2.61. The Kier molecular flexibility index (Phi) is 3.28. The van der Waals surface area contributed by atoms with E-state index in [2.05, 4.69) is 5.32 Å². The summed E-state index contributed by atoms with van der Waals surface area (Å²) in [5.74, 6) is 0. The van der Waals surface area contributed by atoms with Gasteiger partial charge < -0.3 is 5.32 Å². The van der Waals surface area contributed by atoms with E-state index in [1.165, 1.54) is 6.07 Å². The van der Waals surface area contributed by atoms with E-state index < -0.39 is 11.7 Å². The molecule has 0 atom stereocenters. The molecule has 1 nitrogen and oxygen atoms in total. The molecule has 2 aromatic rings. The molecule has 2 aromatic carbocycles. The van der Waals surface area contributed by atoms with Crippen molar-refractivity contribution in [2.24, 2.45) is 0 Å². The lowest BCUT2D eigenvalue weighted by Gasteiger charge is -2.12. The SMILES string of the molecule is Cc1ccccc1Nc1cccc(C(F)(F)F)c1. The van der Waals surface area contributed by atoms with E-state index in [-0.39, 0.29) is 0 Å². The summed E-state index contributed by atoms with van der Waals surface area (Å²) in [6.45, 7) is 1.90. The molecule has 0 aromatic heterocycles. The standard InChI is InChI=1S/C14H12F3N/c1-10-5-2-3-8-13(10)18-12-7-4-6-11(9-12)14(15,16)17/h2-9,18H,1H3. The third-order valence-corrected chi connectivity index (χ3v) is 2.61. The Hall–Kier alpha value is -1.97. The second kappa shape index (κ2) is 4.72. The van der Waals surface area contributed by atoms with Crippen molar-refractivity contribution >= 4 is 11.4 Å². The van der Waals surface area contributed by atoms with E-state index >= 15 is 0 Å². The number of alkyl halides is 3. The van der Waals surface area contributed by atoms with Crippen molar-refractivity contribution in [3.05, 3.63) is 59.7 Å². The van der Waals surface area contributed by atoms with Gasteiger partial charge in [-0.1, -0.05) is 24.3 Å². The molecule has 0 aliphatic carbocycles.